The first-order valence-corrected chi connectivity index (χ1v) is 25.9. The number of hydrogen-bond acceptors (Lipinski definition) is 13. The van der Waals surface area contributed by atoms with Crippen LogP contribution < -0.4 is 10.6 Å². The number of amides is 2. The van der Waals surface area contributed by atoms with Crippen LogP contribution in [0.5, 0.6) is 0 Å². The van der Waals surface area contributed by atoms with Crippen LogP contribution in [0.1, 0.15) is 79.3 Å². The molecular weight excluding hydrogens is 1110 g/mol. The standard InChI is InChI=1S/C25H23ClN4O3.C21H15ClN4O3.C13H10ClN3.CO2/c1-15-20-21(26)19(14-27-22(20)30(29-15)18-8-6-5-7-9-18)23(31)28-17-12-10-16(11-13-17)24(32)33-25(2,3)4;1-12-17-18(22)16(20(27)24-14-9-7-13(8-10-14)21(28)29)11-23-19(17)26(25-12)15-5-3-2-4-6-15;1-9-12-11(14)7-8-15-13(12)17(16-9)10-5-3-2-4-6-10;2-1-3/h5-14H,1-4H3,(H,28,31);2-11H,1H3,(H,24,27)(H,28,29);2-8H,1H3;. The number of halogens is 3. The molecule has 0 aliphatic carbocycles. The van der Waals surface area contributed by atoms with Crippen LogP contribution in [-0.2, 0) is 14.3 Å². The normalized spacial score (nSPS) is 10.8. The number of nitrogens with one attached hydrogen (secondary N) is 2. The molecule has 6 aromatic heterocycles. The molecule has 11 aromatic rings. The van der Waals surface area contributed by atoms with Crippen molar-refractivity contribution in [3.8, 4) is 17.1 Å². The highest BCUT2D eigenvalue weighted by Crippen LogP contribution is 2.33. The predicted octanol–water partition coefficient (Wildman–Crippen LogP) is 12.7. The van der Waals surface area contributed by atoms with E-state index in [9.17, 15) is 19.2 Å². The van der Waals surface area contributed by atoms with Gasteiger partial charge in [-0.1, -0.05) is 89.4 Å². The summed E-state index contributed by atoms with van der Waals surface area (Å²) in [5, 5.41) is 31.4. The quantitative estimate of drug-likeness (QED) is 0.114. The molecule has 11 rings (SSSR count). The topological polar surface area (TPSA) is 248 Å². The van der Waals surface area contributed by atoms with Crippen molar-refractivity contribution in [3.63, 3.8) is 0 Å². The van der Waals surface area contributed by atoms with Gasteiger partial charge < -0.3 is 20.5 Å². The number of aromatic nitrogens is 9. The van der Waals surface area contributed by atoms with E-state index in [0.29, 0.717) is 55.4 Å². The van der Waals surface area contributed by atoms with Gasteiger partial charge >= 0.3 is 18.1 Å². The van der Waals surface area contributed by atoms with Crippen LogP contribution in [0.15, 0.2) is 164 Å². The van der Waals surface area contributed by atoms with Crippen LogP contribution in [0.2, 0.25) is 15.1 Å². The fourth-order valence-electron chi connectivity index (χ4n) is 8.27. The number of aryl methyl sites for hydroxylation is 3. The highest BCUT2D eigenvalue weighted by molar-refractivity contribution is 6.40. The van der Waals surface area contributed by atoms with E-state index in [1.54, 1.807) is 66.7 Å². The number of aromatic carboxylic acids is 1. The number of hydrogen-bond donors (Lipinski definition) is 3. The largest absolute Gasteiger partial charge is 0.478 e. The van der Waals surface area contributed by atoms with Gasteiger partial charge in [0, 0.05) is 30.0 Å². The number of carboxylic acids is 1. The van der Waals surface area contributed by atoms with Crippen molar-refractivity contribution in [3.05, 3.63) is 219 Å². The molecule has 2 amide bonds. The molecule has 3 N–H and O–H groups in total. The zero-order valence-electron chi connectivity index (χ0n) is 44.6. The minimum absolute atomic E-state index is 0.132. The second kappa shape index (κ2) is 25.5. The van der Waals surface area contributed by atoms with E-state index in [1.165, 1.54) is 36.7 Å². The van der Waals surface area contributed by atoms with Gasteiger partial charge in [0.1, 0.15) is 5.60 Å². The molecule has 5 aromatic carbocycles. The Morgan fingerprint density at radius 3 is 1.23 bits per heavy atom. The van der Waals surface area contributed by atoms with E-state index in [-0.39, 0.29) is 32.9 Å². The Morgan fingerprint density at radius 2 is 0.866 bits per heavy atom. The SMILES string of the molecule is Cc1nn(-c2ccccc2)c2ncc(C(=O)Nc3ccc(C(=O)O)cc3)c(Cl)c12.Cc1nn(-c2ccccc2)c2ncc(C(=O)Nc3ccc(C(=O)OC(C)(C)C)cc3)c(Cl)c12.Cc1nn(-c2ccccc2)c2nccc(Cl)c12.O=C=O. The molecule has 19 nitrogen and oxygen atoms in total. The minimum Gasteiger partial charge on any atom is -0.478 e. The number of carbonyl (C=O) groups excluding carboxylic acids is 5. The summed E-state index contributed by atoms with van der Waals surface area (Å²) >= 11 is 19.3. The van der Waals surface area contributed by atoms with Crippen LogP contribution in [0, 0.1) is 20.8 Å². The van der Waals surface area contributed by atoms with Crippen LogP contribution in [0.4, 0.5) is 11.4 Å². The molecule has 412 valence electrons. The lowest BCUT2D eigenvalue weighted by atomic mass is 10.1. The summed E-state index contributed by atoms with van der Waals surface area (Å²) in [6, 6.07) is 43.1. The number of nitrogens with zero attached hydrogens (tertiary/aromatic N) is 9. The van der Waals surface area contributed by atoms with Crippen molar-refractivity contribution < 1.29 is 38.6 Å². The van der Waals surface area contributed by atoms with Gasteiger partial charge in [-0.25, -0.2) is 38.6 Å². The average molecular weight is 1160 g/mol. The van der Waals surface area contributed by atoms with Crippen molar-refractivity contribution in [2.45, 2.75) is 47.1 Å². The van der Waals surface area contributed by atoms with Gasteiger partial charge in [0.15, 0.2) is 16.9 Å². The molecule has 0 radical (unpaired) electrons. The highest BCUT2D eigenvalue weighted by Gasteiger charge is 2.23. The Balaban J connectivity index is 0.000000164. The molecule has 0 atom stereocenters. The molecule has 0 saturated carbocycles. The van der Waals surface area contributed by atoms with Crippen LogP contribution in [0.3, 0.4) is 0 Å². The maximum atomic E-state index is 12.9. The first-order chi connectivity index (χ1) is 39.3. The van der Waals surface area contributed by atoms with Crippen molar-refractivity contribution in [2.75, 3.05) is 10.6 Å². The molecule has 0 unspecified atom stereocenters. The summed E-state index contributed by atoms with van der Waals surface area (Å²) < 4.78 is 10.6. The Bertz CT molecular complexity index is 4180. The first-order valence-electron chi connectivity index (χ1n) is 24.8. The molecule has 0 aliphatic rings. The number of anilines is 2. The van der Waals surface area contributed by atoms with E-state index in [2.05, 4.69) is 40.9 Å². The summed E-state index contributed by atoms with van der Waals surface area (Å²) in [7, 11) is 0. The molecule has 22 heteroatoms. The molecule has 0 aliphatic heterocycles. The number of benzene rings is 5. The van der Waals surface area contributed by atoms with Crippen molar-refractivity contribution in [1.82, 2.24) is 44.3 Å². The zero-order chi connectivity index (χ0) is 58.8. The van der Waals surface area contributed by atoms with E-state index in [4.69, 9.17) is 54.2 Å². The fourth-order valence-corrected chi connectivity index (χ4v) is 9.26. The molecule has 0 spiro atoms. The smallest absolute Gasteiger partial charge is 0.373 e. The molecular formula is C60H48Cl3N11O8. The minimum atomic E-state index is -1.04. The maximum Gasteiger partial charge on any atom is 0.373 e. The van der Waals surface area contributed by atoms with Gasteiger partial charge in [0.25, 0.3) is 11.8 Å². The van der Waals surface area contributed by atoms with Crippen LogP contribution in [0.25, 0.3) is 50.2 Å². The van der Waals surface area contributed by atoms with Crippen LogP contribution in [-0.4, -0.2) is 84.9 Å². The highest BCUT2D eigenvalue weighted by atomic mass is 35.5. The predicted molar refractivity (Wildman–Crippen MR) is 312 cm³/mol. The van der Waals surface area contributed by atoms with E-state index in [0.717, 1.165) is 33.8 Å². The molecule has 82 heavy (non-hydrogen) atoms. The van der Waals surface area contributed by atoms with Gasteiger partial charge in [0.2, 0.25) is 0 Å². The van der Waals surface area contributed by atoms with Gasteiger partial charge in [-0.15, -0.1) is 0 Å². The Morgan fingerprint density at radius 1 is 0.512 bits per heavy atom. The molecule has 6 heterocycles. The number of esters is 1. The zero-order valence-corrected chi connectivity index (χ0v) is 46.8. The Kier molecular flexibility index (Phi) is 18.1. The third-order valence-corrected chi connectivity index (χ3v) is 13.1. The van der Waals surface area contributed by atoms with Crippen molar-refractivity contribution in [1.29, 1.82) is 0 Å². The third kappa shape index (κ3) is 13.2. The van der Waals surface area contributed by atoms with E-state index in [1.807, 2.05) is 116 Å². The van der Waals surface area contributed by atoms with E-state index >= 15 is 0 Å². The summed E-state index contributed by atoms with van der Waals surface area (Å²) in [4.78, 5) is 78.2. The summed E-state index contributed by atoms with van der Waals surface area (Å²) in [6.45, 7) is 11.0. The summed E-state index contributed by atoms with van der Waals surface area (Å²) in [5.41, 5.74) is 8.16. The van der Waals surface area contributed by atoms with Crippen molar-refractivity contribution >= 4 is 109 Å². The van der Waals surface area contributed by atoms with E-state index < -0.39 is 29.4 Å². The maximum absolute atomic E-state index is 12.9. The molecule has 0 fully saturated rings. The lowest BCUT2D eigenvalue weighted by molar-refractivity contribution is -0.191. The second-order valence-corrected chi connectivity index (χ2v) is 20.0. The summed E-state index contributed by atoms with van der Waals surface area (Å²) in [5.74, 6) is -2.32. The monoisotopic (exact) mass is 1160 g/mol. The molecule has 0 bridgehead atoms. The van der Waals surface area contributed by atoms with Crippen LogP contribution >= 0.6 is 34.8 Å². The Labute approximate surface area is 483 Å². The number of para-hydroxylation sites is 3. The number of rotatable bonds is 9. The second-order valence-electron chi connectivity index (χ2n) is 18.8. The molecule has 0 saturated heterocycles. The van der Waals surface area contributed by atoms with Crippen molar-refractivity contribution in [2.24, 2.45) is 0 Å². The average Bonchev–Trinajstić information content (AvgIpc) is 3.52. The lowest BCUT2D eigenvalue weighted by Crippen LogP contribution is -2.23. The van der Waals surface area contributed by atoms with Gasteiger partial charge in [-0.05, 0) is 133 Å². The first kappa shape index (κ1) is 58.2. The fraction of sp³-hybridized carbons (Fsp3) is 0.117. The number of pyridine rings is 3. The third-order valence-electron chi connectivity index (χ3n) is 12.0. The number of carbonyl (C=O) groups is 4. The Hall–Kier alpha value is -9.91. The lowest BCUT2D eigenvalue weighted by Gasteiger charge is -2.19. The van der Waals surface area contributed by atoms with Gasteiger partial charge in [0.05, 0.1) is 87.6 Å². The number of carboxylic acid groups (broad SMARTS) is 1. The summed E-state index contributed by atoms with van der Waals surface area (Å²) in [6.07, 6.45) is 4.80. The van der Waals surface area contributed by atoms with Gasteiger partial charge in [-0.2, -0.15) is 24.9 Å². The number of ether oxygens (including phenoxy) is 1. The number of fused-ring (bicyclic) bond motifs is 3. The van der Waals surface area contributed by atoms with Gasteiger partial charge in [-0.3, -0.25) is 9.59 Å².